The van der Waals surface area contributed by atoms with Crippen LogP contribution in [0, 0.1) is 5.82 Å². The second-order valence-electron chi connectivity index (χ2n) is 8.90. The molecule has 0 aliphatic carbocycles. The van der Waals surface area contributed by atoms with Crippen LogP contribution in [-0.2, 0) is 19.7 Å². The molecule has 1 aliphatic rings. The van der Waals surface area contributed by atoms with Crippen molar-refractivity contribution in [3.8, 4) is 5.75 Å². The molecule has 2 N–H and O–H groups in total. The molecule has 180 valence electrons. The SMILES string of the molecule is OC1(CNCc2ccc(F)cc2)CCN(Cc2cc(Br)ccc2OCc2ccc(Cl)cc2)CC1. The number of ether oxygens (including phenoxy) is 1. The normalized spacial score (nSPS) is 15.9. The van der Waals surface area contributed by atoms with E-state index in [1.54, 1.807) is 12.1 Å². The molecule has 0 atom stereocenters. The lowest BCUT2D eigenvalue weighted by molar-refractivity contribution is -0.0220. The summed E-state index contributed by atoms with van der Waals surface area (Å²) in [5.41, 5.74) is 2.45. The van der Waals surface area contributed by atoms with Gasteiger partial charge in [0.1, 0.15) is 18.2 Å². The summed E-state index contributed by atoms with van der Waals surface area (Å²) < 4.78 is 20.2. The molecule has 1 heterocycles. The van der Waals surface area contributed by atoms with E-state index in [1.807, 2.05) is 36.4 Å². The van der Waals surface area contributed by atoms with Crippen LogP contribution in [0.5, 0.6) is 5.75 Å². The highest BCUT2D eigenvalue weighted by atomic mass is 79.9. The maximum Gasteiger partial charge on any atom is 0.124 e. The number of piperidine rings is 1. The molecule has 1 saturated heterocycles. The Morgan fingerprint density at radius 2 is 1.68 bits per heavy atom. The van der Waals surface area contributed by atoms with Crippen LogP contribution in [0.25, 0.3) is 0 Å². The molecule has 0 bridgehead atoms. The topological polar surface area (TPSA) is 44.7 Å². The van der Waals surface area contributed by atoms with Gasteiger partial charge in [-0.1, -0.05) is 51.8 Å². The molecule has 1 aliphatic heterocycles. The summed E-state index contributed by atoms with van der Waals surface area (Å²) >= 11 is 9.55. The van der Waals surface area contributed by atoms with Gasteiger partial charge < -0.3 is 15.2 Å². The zero-order valence-corrected chi connectivity index (χ0v) is 21.3. The van der Waals surface area contributed by atoms with E-state index in [2.05, 4.69) is 32.2 Å². The van der Waals surface area contributed by atoms with Crippen LogP contribution in [0.3, 0.4) is 0 Å². The predicted molar refractivity (Wildman–Crippen MR) is 137 cm³/mol. The van der Waals surface area contributed by atoms with Gasteiger partial charge in [-0.15, -0.1) is 0 Å². The molecule has 0 saturated carbocycles. The number of likely N-dealkylation sites (tertiary alicyclic amines) is 1. The number of hydrogen-bond donors (Lipinski definition) is 2. The molecule has 4 rings (SSSR count). The monoisotopic (exact) mass is 546 g/mol. The van der Waals surface area contributed by atoms with E-state index in [4.69, 9.17) is 16.3 Å². The highest BCUT2D eigenvalue weighted by Crippen LogP contribution is 2.29. The van der Waals surface area contributed by atoms with Gasteiger partial charge >= 0.3 is 0 Å². The third-order valence-electron chi connectivity index (χ3n) is 6.21. The molecule has 3 aromatic carbocycles. The minimum absolute atomic E-state index is 0.237. The van der Waals surface area contributed by atoms with E-state index in [0.29, 0.717) is 37.6 Å². The van der Waals surface area contributed by atoms with Crippen molar-refractivity contribution in [1.29, 1.82) is 0 Å². The molecule has 3 aromatic rings. The second kappa shape index (κ2) is 11.6. The van der Waals surface area contributed by atoms with Gasteiger partial charge in [0, 0.05) is 47.8 Å². The van der Waals surface area contributed by atoms with Crippen LogP contribution in [0.1, 0.15) is 29.5 Å². The fourth-order valence-corrected chi connectivity index (χ4v) is 4.68. The first kappa shape index (κ1) is 25.1. The Labute approximate surface area is 213 Å². The van der Waals surface area contributed by atoms with Crippen LogP contribution < -0.4 is 10.1 Å². The third kappa shape index (κ3) is 7.27. The average Bonchev–Trinajstić information content (AvgIpc) is 2.83. The summed E-state index contributed by atoms with van der Waals surface area (Å²) in [6.45, 7) is 3.97. The molecule has 4 nitrogen and oxygen atoms in total. The quantitative estimate of drug-likeness (QED) is 0.348. The van der Waals surface area contributed by atoms with Crippen molar-refractivity contribution in [2.24, 2.45) is 0 Å². The zero-order valence-electron chi connectivity index (χ0n) is 18.9. The molecule has 0 amide bonds. The lowest BCUT2D eigenvalue weighted by atomic mass is 9.91. The molecule has 0 aromatic heterocycles. The zero-order chi connectivity index (χ0) is 24.0. The summed E-state index contributed by atoms with van der Waals surface area (Å²) in [5, 5.41) is 15.0. The lowest BCUT2D eigenvalue weighted by Gasteiger charge is -2.38. The summed E-state index contributed by atoms with van der Waals surface area (Å²) in [6.07, 6.45) is 1.39. The number of rotatable bonds is 9. The van der Waals surface area contributed by atoms with Gasteiger partial charge in [0.15, 0.2) is 0 Å². The average molecular weight is 548 g/mol. The number of halogens is 3. The Kier molecular flexibility index (Phi) is 8.61. The number of nitrogens with one attached hydrogen (secondary N) is 1. The summed E-state index contributed by atoms with van der Waals surface area (Å²) in [7, 11) is 0. The number of benzene rings is 3. The molecular weight excluding hydrogens is 519 g/mol. The van der Waals surface area contributed by atoms with Crippen LogP contribution in [0.4, 0.5) is 4.39 Å². The van der Waals surface area contributed by atoms with E-state index in [9.17, 15) is 9.50 Å². The van der Waals surface area contributed by atoms with Crippen LogP contribution in [0.2, 0.25) is 5.02 Å². The van der Waals surface area contributed by atoms with Gasteiger partial charge in [-0.25, -0.2) is 4.39 Å². The Morgan fingerprint density at radius 3 is 2.38 bits per heavy atom. The third-order valence-corrected chi connectivity index (χ3v) is 6.95. The molecule has 0 radical (unpaired) electrons. The Hall–Kier alpha value is -1.96. The van der Waals surface area contributed by atoms with E-state index in [-0.39, 0.29) is 5.82 Å². The van der Waals surface area contributed by atoms with Gasteiger partial charge in [-0.2, -0.15) is 0 Å². The molecule has 34 heavy (non-hydrogen) atoms. The van der Waals surface area contributed by atoms with Crippen molar-refractivity contribution < 1.29 is 14.2 Å². The van der Waals surface area contributed by atoms with Gasteiger partial charge in [0.05, 0.1) is 5.60 Å². The van der Waals surface area contributed by atoms with Crippen molar-refractivity contribution in [2.75, 3.05) is 19.6 Å². The highest BCUT2D eigenvalue weighted by Gasteiger charge is 2.32. The molecule has 1 fully saturated rings. The Bertz CT molecular complexity index is 1070. The molecule has 0 unspecified atom stereocenters. The van der Waals surface area contributed by atoms with E-state index in [1.165, 1.54) is 12.1 Å². The number of aliphatic hydroxyl groups is 1. The van der Waals surface area contributed by atoms with Gasteiger partial charge in [0.2, 0.25) is 0 Å². The Morgan fingerprint density at radius 1 is 1.00 bits per heavy atom. The van der Waals surface area contributed by atoms with Crippen molar-refractivity contribution in [3.05, 3.63) is 98.7 Å². The van der Waals surface area contributed by atoms with Crippen LogP contribution >= 0.6 is 27.5 Å². The number of nitrogens with zero attached hydrogens (tertiary/aromatic N) is 1. The smallest absolute Gasteiger partial charge is 0.124 e. The largest absolute Gasteiger partial charge is 0.489 e. The minimum Gasteiger partial charge on any atom is -0.489 e. The van der Waals surface area contributed by atoms with E-state index < -0.39 is 5.60 Å². The first-order valence-corrected chi connectivity index (χ1v) is 12.6. The predicted octanol–water partition coefficient (Wildman–Crippen LogP) is 5.94. The van der Waals surface area contributed by atoms with Gasteiger partial charge in [-0.05, 0) is 66.4 Å². The maximum absolute atomic E-state index is 13.1. The highest BCUT2D eigenvalue weighted by molar-refractivity contribution is 9.10. The van der Waals surface area contributed by atoms with E-state index in [0.717, 1.165) is 46.5 Å². The fourth-order valence-electron chi connectivity index (χ4n) is 4.14. The summed E-state index contributed by atoms with van der Waals surface area (Å²) in [4.78, 5) is 2.35. The lowest BCUT2D eigenvalue weighted by Crippen LogP contribution is -2.49. The second-order valence-corrected chi connectivity index (χ2v) is 10.2. The maximum atomic E-state index is 13.1. The van der Waals surface area contributed by atoms with Crippen molar-refractivity contribution >= 4 is 27.5 Å². The molecular formula is C27H29BrClFN2O2. The number of hydrogen-bond acceptors (Lipinski definition) is 4. The Balaban J connectivity index is 1.28. The van der Waals surface area contributed by atoms with Gasteiger partial charge in [-0.3, -0.25) is 4.90 Å². The van der Waals surface area contributed by atoms with Gasteiger partial charge in [0.25, 0.3) is 0 Å². The van der Waals surface area contributed by atoms with Crippen LogP contribution in [-0.4, -0.2) is 35.2 Å². The minimum atomic E-state index is -0.734. The summed E-state index contributed by atoms with van der Waals surface area (Å²) in [6, 6.07) is 20.2. The van der Waals surface area contributed by atoms with Crippen LogP contribution in [0.15, 0.2) is 71.2 Å². The van der Waals surface area contributed by atoms with Crippen molar-refractivity contribution in [1.82, 2.24) is 10.2 Å². The first-order chi connectivity index (χ1) is 16.4. The van der Waals surface area contributed by atoms with Crippen molar-refractivity contribution in [2.45, 2.75) is 38.1 Å². The fraction of sp³-hybridized carbons (Fsp3) is 0.333. The van der Waals surface area contributed by atoms with E-state index >= 15 is 0 Å². The molecule has 7 heteroatoms. The summed E-state index contributed by atoms with van der Waals surface area (Å²) in [5.74, 6) is 0.624. The standard InChI is InChI=1S/C27H29BrClFN2O2/c28-23-5-10-26(34-18-21-1-6-24(29)7-2-21)22(15-23)17-32-13-11-27(33,12-14-32)19-31-16-20-3-8-25(30)9-4-20/h1-10,15,31,33H,11-14,16-19H2. The molecule has 0 spiro atoms. The van der Waals surface area contributed by atoms with Crippen molar-refractivity contribution in [3.63, 3.8) is 0 Å². The first-order valence-electron chi connectivity index (χ1n) is 11.4.